The Hall–Kier alpha value is -2.72. The van der Waals surface area contributed by atoms with Gasteiger partial charge in [-0.25, -0.2) is 4.79 Å². The summed E-state index contributed by atoms with van der Waals surface area (Å²) < 4.78 is 6.53. The van der Waals surface area contributed by atoms with Crippen LogP contribution in [-0.2, 0) is 16.0 Å². The lowest BCUT2D eigenvalue weighted by molar-refractivity contribution is -0.148. The van der Waals surface area contributed by atoms with Crippen LogP contribution < -0.4 is 0 Å². The molecule has 0 aromatic heterocycles. The molecule has 0 saturated carbocycles. The molecule has 0 saturated heterocycles. The summed E-state index contributed by atoms with van der Waals surface area (Å²) in [7, 11) is 0. The highest BCUT2D eigenvalue weighted by molar-refractivity contribution is 9.10. The smallest absolute Gasteiger partial charge is 0.331 e. The van der Waals surface area contributed by atoms with Crippen molar-refractivity contribution in [2.45, 2.75) is 32.4 Å². The van der Waals surface area contributed by atoms with Gasteiger partial charge in [0, 0.05) is 22.0 Å². The molecule has 0 bridgehead atoms. The largest absolute Gasteiger partial charge is 0.461 e. The van der Waals surface area contributed by atoms with Crippen LogP contribution in [0, 0.1) is 0 Å². The van der Waals surface area contributed by atoms with Crippen LogP contribution in [0.15, 0.2) is 94.4 Å². The standard InChI is InChI=1S/C25H24BrNO2/c1-18(2)29-25(28)23(17-19-13-15-22(26)16-14-19)27-24(20-9-5-3-6-10-20)21-11-7-4-8-12-21/h3-16,18,23H,17H2,1-2H3/t23-/m0/s1. The molecule has 3 nitrogen and oxygen atoms in total. The second kappa shape index (κ2) is 10.2. The fraction of sp³-hybridized carbons (Fsp3) is 0.200. The Morgan fingerprint density at radius 3 is 1.86 bits per heavy atom. The molecule has 29 heavy (non-hydrogen) atoms. The van der Waals surface area contributed by atoms with E-state index in [1.165, 1.54) is 0 Å². The van der Waals surface area contributed by atoms with Crippen LogP contribution in [0.1, 0.15) is 30.5 Å². The van der Waals surface area contributed by atoms with Crippen LogP contribution >= 0.6 is 15.9 Å². The summed E-state index contributed by atoms with van der Waals surface area (Å²) in [5, 5.41) is 0. The third kappa shape index (κ3) is 6.13. The Kier molecular flexibility index (Phi) is 7.36. The zero-order valence-corrected chi connectivity index (χ0v) is 18.2. The van der Waals surface area contributed by atoms with Gasteiger partial charge in [-0.05, 0) is 31.5 Å². The zero-order valence-electron chi connectivity index (χ0n) is 16.6. The van der Waals surface area contributed by atoms with E-state index in [2.05, 4.69) is 15.9 Å². The van der Waals surface area contributed by atoms with Crippen molar-refractivity contribution < 1.29 is 9.53 Å². The van der Waals surface area contributed by atoms with Crippen molar-refractivity contribution >= 4 is 27.6 Å². The number of halogens is 1. The van der Waals surface area contributed by atoms with E-state index in [1.54, 1.807) is 0 Å². The molecular weight excluding hydrogens is 426 g/mol. The minimum Gasteiger partial charge on any atom is -0.461 e. The molecule has 0 unspecified atom stereocenters. The van der Waals surface area contributed by atoms with E-state index in [-0.39, 0.29) is 12.1 Å². The highest BCUT2D eigenvalue weighted by Gasteiger charge is 2.22. The SMILES string of the molecule is CC(C)OC(=O)[C@H](Cc1ccc(Br)cc1)N=C(c1ccccc1)c1ccccc1. The number of benzene rings is 3. The van der Waals surface area contributed by atoms with Crippen molar-refractivity contribution in [3.8, 4) is 0 Å². The third-order valence-electron chi connectivity index (χ3n) is 4.35. The lowest BCUT2D eigenvalue weighted by Crippen LogP contribution is -2.28. The van der Waals surface area contributed by atoms with Crippen LogP contribution in [0.5, 0.6) is 0 Å². The molecule has 0 N–H and O–H groups in total. The first kappa shape index (κ1) is 21.0. The minimum atomic E-state index is -0.631. The number of nitrogens with zero attached hydrogens (tertiary/aromatic N) is 1. The van der Waals surface area contributed by atoms with Gasteiger partial charge in [0.05, 0.1) is 11.8 Å². The Balaban J connectivity index is 2.03. The summed E-state index contributed by atoms with van der Waals surface area (Å²) >= 11 is 3.46. The molecule has 0 aliphatic heterocycles. The van der Waals surface area contributed by atoms with E-state index >= 15 is 0 Å². The molecule has 148 valence electrons. The average molecular weight is 450 g/mol. The summed E-state index contributed by atoms with van der Waals surface area (Å²) in [5.41, 5.74) is 3.76. The van der Waals surface area contributed by atoms with Crippen LogP contribution in [0.25, 0.3) is 0 Å². The zero-order chi connectivity index (χ0) is 20.6. The number of hydrogen-bond donors (Lipinski definition) is 0. The number of rotatable bonds is 7. The highest BCUT2D eigenvalue weighted by atomic mass is 79.9. The molecular formula is C25H24BrNO2. The number of carbonyl (C=O) groups is 1. The molecule has 0 aliphatic carbocycles. The molecule has 0 radical (unpaired) electrons. The first-order chi connectivity index (χ1) is 14.0. The van der Waals surface area contributed by atoms with E-state index in [1.807, 2.05) is 98.8 Å². The number of ether oxygens (including phenoxy) is 1. The van der Waals surface area contributed by atoms with Crippen molar-refractivity contribution in [2.24, 2.45) is 4.99 Å². The van der Waals surface area contributed by atoms with Gasteiger partial charge < -0.3 is 4.74 Å². The number of carbonyl (C=O) groups excluding carboxylic acids is 1. The van der Waals surface area contributed by atoms with E-state index in [0.29, 0.717) is 6.42 Å². The predicted octanol–water partition coefficient (Wildman–Crippen LogP) is 5.85. The quantitative estimate of drug-likeness (QED) is 0.335. The van der Waals surface area contributed by atoms with Gasteiger partial charge in [0.2, 0.25) is 0 Å². The summed E-state index contributed by atoms with van der Waals surface area (Å²) in [4.78, 5) is 17.8. The maximum absolute atomic E-state index is 12.9. The number of aliphatic imine (C=N–C) groups is 1. The molecule has 3 aromatic rings. The van der Waals surface area contributed by atoms with E-state index < -0.39 is 6.04 Å². The second-order valence-electron chi connectivity index (χ2n) is 7.04. The maximum atomic E-state index is 12.9. The van der Waals surface area contributed by atoms with Gasteiger partial charge in [0.15, 0.2) is 6.04 Å². The van der Waals surface area contributed by atoms with E-state index in [9.17, 15) is 4.79 Å². The van der Waals surface area contributed by atoms with Crippen LogP contribution in [-0.4, -0.2) is 23.8 Å². The van der Waals surface area contributed by atoms with Gasteiger partial charge in [-0.2, -0.15) is 0 Å². The lowest BCUT2D eigenvalue weighted by Gasteiger charge is -2.17. The van der Waals surface area contributed by atoms with E-state index in [4.69, 9.17) is 9.73 Å². The van der Waals surface area contributed by atoms with Gasteiger partial charge in [0.1, 0.15) is 0 Å². The number of hydrogen-bond acceptors (Lipinski definition) is 3. The molecule has 4 heteroatoms. The van der Waals surface area contributed by atoms with Crippen molar-refractivity contribution in [3.63, 3.8) is 0 Å². The van der Waals surface area contributed by atoms with Crippen LogP contribution in [0.2, 0.25) is 0 Å². The third-order valence-corrected chi connectivity index (χ3v) is 4.87. The molecule has 0 amide bonds. The van der Waals surface area contributed by atoms with Gasteiger partial charge >= 0.3 is 5.97 Å². The van der Waals surface area contributed by atoms with Crippen molar-refractivity contribution in [1.29, 1.82) is 0 Å². The Labute approximate surface area is 180 Å². The van der Waals surface area contributed by atoms with Gasteiger partial charge in [-0.1, -0.05) is 88.7 Å². The molecule has 1 atom stereocenters. The molecule has 3 rings (SSSR count). The summed E-state index contributed by atoms with van der Waals surface area (Å²) in [6.45, 7) is 3.71. The fourth-order valence-electron chi connectivity index (χ4n) is 3.00. The topological polar surface area (TPSA) is 38.7 Å². The van der Waals surface area contributed by atoms with Crippen molar-refractivity contribution in [2.75, 3.05) is 0 Å². The summed E-state index contributed by atoms with van der Waals surface area (Å²) in [5.74, 6) is -0.313. The Morgan fingerprint density at radius 2 is 1.38 bits per heavy atom. The Morgan fingerprint density at radius 1 is 0.862 bits per heavy atom. The molecule has 0 aliphatic rings. The molecule has 0 heterocycles. The Bertz CT molecular complexity index is 910. The van der Waals surface area contributed by atoms with Gasteiger partial charge in [-0.15, -0.1) is 0 Å². The van der Waals surface area contributed by atoms with Crippen LogP contribution in [0.4, 0.5) is 0 Å². The number of esters is 1. The first-order valence-electron chi connectivity index (χ1n) is 9.66. The molecule has 0 fully saturated rings. The summed E-state index contributed by atoms with van der Waals surface area (Å²) in [6, 6.07) is 27.2. The van der Waals surface area contributed by atoms with Crippen LogP contribution in [0.3, 0.4) is 0 Å². The predicted molar refractivity (Wildman–Crippen MR) is 121 cm³/mol. The lowest BCUT2D eigenvalue weighted by atomic mass is 10.0. The molecule has 0 spiro atoms. The maximum Gasteiger partial charge on any atom is 0.331 e. The average Bonchev–Trinajstić information content (AvgIpc) is 2.73. The monoisotopic (exact) mass is 449 g/mol. The van der Waals surface area contributed by atoms with E-state index in [0.717, 1.165) is 26.9 Å². The summed E-state index contributed by atoms with van der Waals surface area (Å²) in [6.07, 6.45) is 0.282. The van der Waals surface area contributed by atoms with Crippen molar-refractivity contribution in [1.82, 2.24) is 0 Å². The fourth-order valence-corrected chi connectivity index (χ4v) is 3.26. The minimum absolute atomic E-state index is 0.193. The normalized spacial score (nSPS) is 11.7. The molecule has 3 aromatic carbocycles. The highest BCUT2D eigenvalue weighted by Crippen LogP contribution is 2.17. The second-order valence-corrected chi connectivity index (χ2v) is 7.96. The first-order valence-corrected chi connectivity index (χ1v) is 10.5. The van der Waals surface area contributed by atoms with Crippen molar-refractivity contribution in [3.05, 3.63) is 106 Å². The van der Waals surface area contributed by atoms with Gasteiger partial charge in [0.25, 0.3) is 0 Å². The van der Waals surface area contributed by atoms with Gasteiger partial charge in [-0.3, -0.25) is 4.99 Å².